The molecule has 3 fully saturated rings. The number of hydrogen-bond donors (Lipinski definition) is 1. The topological polar surface area (TPSA) is 59.4 Å². The molecule has 4 heterocycles. The van der Waals surface area contributed by atoms with E-state index in [9.17, 15) is 4.79 Å². The van der Waals surface area contributed by atoms with Crippen LogP contribution in [0.3, 0.4) is 0 Å². The number of hydrogen-bond acceptors (Lipinski definition) is 4. The molecule has 0 saturated carbocycles. The molecular formula is C21H32N4O2. The Balaban J connectivity index is 1.35. The lowest BCUT2D eigenvalue weighted by Gasteiger charge is -2.29. The molecule has 6 nitrogen and oxygen atoms in total. The Labute approximate surface area is 161 Å². The van der Waals surface area contributed by atoms with Crippen molar-refractivity contribution < 1.29 is 9.53 Å². The summed E-state index contributed by atoms with van der Waals surface area (Å²) in [7, 11) is 1.80. The van der Waals surface area contributed by atoms with Crippen LogP contribution in [0.1, 0.15) is 50.0 Å². The molecule has 1 aromatic heterocycles. The number of carbonyl (C=O) groups excluding carboxylic acids is 1. The largest absolute Gasteiger partial charge is 0.370 e. The Bertz CT molecular complexity index is 728. The van der Waals surface area contributed by atoms with Gasteiger partial charge in [0.25, 0.3) is 5.91 Å². The fourth-order valence-corrected chi connectivity index (χ4v) is 5.27. The Hall–Kier alpha value is -1.66. The van der Waals surface area contributed by atoms with Gasteiger partial charge in [-0.2, -0.15) is 5.10 Å². The first kappa shape index (κ1) is 18.7. The zero-order valence-electron chi connectivity index (χ0n) is 16.8. The zero-order valence-corrected chi connectivity index (χ0v) is 16.8. The van der Waals surface area contributed by atoms with Gasteiger partial charge in [0.1, 0.15) is 5.69 Å². The van der Waals surface area contributed by atoms with E-state index >= 15 is 0 Å². The Morgan fingerprint density at radius 3 is 3.11 bits per heavy atom. The van der Waals surface area contributed by atoms with Crippen LogP contribution in [0.2, 0.25) is 0 Å². The van der Waals surface area contributed by atoms with E-state index in [4.69, 9.17) is 4.74 Å². The van der Waals surface area contributed by atoms with Gasteiger partial charge in [-0.25, -0.2) is 0 Å². The number of fused-ring (bicyclic) bond motifs is 1. The molecule has 0 aliphatic carbocycles. The minimum absolute atomic E-state index is 0.0378. The normalized spacial score (nSPS) is 32.9. The highest BCUT2D eigenvalue weighted by Gasteiger charge is 2.62. The summed E-state index contributed by atoms with van der Waals surface area (Å²) in [6.45, 7) is 8.38. The molecule has 1 N–H and O–H groups in total. The lowest BCUT2D eigenvalue weighted by Crippen LogP contribution is -2.42. The molecular weight excluding hydrogens is 340 g/mol. The van der Waals surface area contributed by atoms with Crippen molar-refractivity contribution in [2.45, 2.75) is 51.2 Å². The van der Waals surface area contributed by atoms with Crippen LogP contribution in [0.4, 0.5) is 0 Å². The minimum Gasteiger partial charge on any atom is -0.370 e. The fourth-order valence-electron chi connectivity index (χ4n) is 5.27. The number of nitrogens with one attached hydrogen (secondary N) is 1. The van der Waals surface area contributed by atoms with Crippen molar-refractivity contribution in [2.24, 2.45) is 18.9 Å². The summed E-state index contributed by atoms with van der Waals surface area (Å²) in [5, 5.41) is 7.22. The van der Waals surface area contributed by atoms with Gasteiger partial charge >= 0.3 is 0 Å². The second-order valence-electron chi connectivity index (χ2n) is 8.51. The van der Waals surface area contributed by atoms with E-state index in [1.54, 1.807) is 24.0 Å². The monoisotopic (exact) mass is 372 g/mol. The van der Waals surface area contributed by atoms with E-state index in [0.717, 1.165) is 38.9 Å². The molecule has 4 rings (SSSR count). The second-order valence-corrected chi connectivity index (χ2v) is 8.51. The van der Waals surface area contributed by atoms with E-state index in [1.165, 1.54) is 12.0 Å². The summed E-state index contributed by atoms with van der Waals surface area (Å²) >= 11 is 0. The number of likely N-dealkylation sites (tertiary alicyclic amines) is 1. The van der Waals surface area contributed by atoms with Gasteiger partial charge in [0, 0.05) is 51.3 Å². The maximum atomic E-state index is 12.4. The number of aryl methyl sites for hydroxylation is 1. The number of aromatic nitrogens is 2. The molecule has 2 bridgehead atoms. The SMILES string of the molecule is CC/C(C)=C/CCN1C[C@@H]2[C@H](CNC(=O)c3ccnn3C)[C@H]3CC[C@]2(C1)O3. The fraction of sp³-hybridized carbons (Fsp3) is 0.714. The molecule has 3 aliphatic rings. The molecule has 148 valence electrons. The zero-order chi connectivity index (χ0) is 19.0. The number of allylic oxidation sites excluding steroid dienone is 1. The van der Waals surface area contributed by atoms with E-state index in [0.29, 0.717) is 30.2 Å². The van der Waals surface area contributed by atoms with Crippen LogP contribution in [-0.4, -0.2) is 58.5 Å². The standard InChI is InChI=1S/C21H32N4O2/c1-4-15(2)6-5-11-25-13-17-16(19-7-9-21(17,14-25)27-19)12-22-20(26)18-8-10-23-24(18)3/h6,8,10,16-17,19H,4-5,7,9,11-14H2,1-3H3,(H,22,26)/b15-6+/t16-,17+,19+,21+/m0/s1. The third-order valence-corrected chi connectivity index (χ3v) is 6.90. The molecule has 6 heteroatoms. The molecule has 1 aromatic rings. The maximum absolute atomic E-state index is 12.4. The van der Waals surface area contributed by atoms with Crippen LogP contribution >= 0.6 is 0 Å². The summed E-state index contributed by atoms with van der Waals surface area (Å²) < 4.78 is 8.12. The van der Waals surface area contributed by atoms with Crippen LogP contribution in [0, 0.1) is 11.8 Å². The van der Waals surface area contributed by atoms with Crippen molar-refractivity contribution in [2.75, 3.05) is 26.2 Å². The quantitative estimate of drug-likeness (QED) is 0.747. The third kappa shape index (κ3) is 3.45. The highest BCUT2D eigenvalue weighted by molar-refractivity contribution is 5.92. The van der Waals surface area contributed by atoms with Crippen LogP contribution in [-0.2, 0) is 11.8 Å². The summed E-state index contributed by atoms with van der Waals surface area (Å²) in [5.74, 6) is 0.926. The van der Waals surface area contributed by atoms with E-state index < -0.39 is 0 Å². The predicted octanol–water partition coefficient (Wildman–Crippen LogP) is 2.38. The predicted molar refractivity (Wildman–Crippen MR) is 104 cm³/mol. The number of ether oxygens (including phenoxy) is 1. The lowest BCUT2D eigenvalue weighted by molar-refractivity contribution is 0.00290. The highest BCUT2D eigenvalue weighted by Crippen LogP contribution is 2.54. The number of amides is 1. The first-order valence-corrected chi connectivity index (χ1v) is 10.3. The average Bonchev–Trinajstić information content (AvgIpc) is 3.39. The van der Waals surface area contributed by atoms with Crippen LogP contribution in [0.5, 0.6) is 0 Å². The van der Waals surface area contributed by atoms with E-state index in [2.05, 4.69) is 35.2 Å². The van der Waals surface area contributed by atoms with Crippen molar-refractivity contribution in [1.29, 1.82) is 0 Å². The van der Waals surface area contributed by atoms with Crippen molar-refractivity contribution in [3.63, 3.8) is 0 Å². The van der Waals surface area contributed by atoms with Gasteiger partial charge in [-0.15, -0.1) is 0 Å². The number of carbonyl (C=O) groups is 1. The first-order chi connectivity index (χ1) is 13.0. The van der Waals surface area contributed by atoms with Crippen molar-refractivity contribution in [3.05, 3.63) is 29.6 Å². The molecule has 0 aromatic carbocycles. The maximum Gasteiger partial charge on any atom is 0.269 e. The van der Waals surface area contributed by atoms with Crippen molar-refractivity contribution >= 4 is 5.91 Å². The average molecular weight is 373 g/mol. The smallest absolute Gasteiger partial charge is 0.269 e. The molecule has 1 spiro atoms. The van der Waals surface area contributed by atoms with Gasteiger partial charge in [-0.05, 0) is 38.7 Å². The first-order valence-electron chi connectivity index (χ1n) is 10.3. The molecule has 0 radical (unpaired) electrons. The van der Waals surface area contributed by atoms with E-state index in [1.807, 2.05) is 0 Å². The van der Waals surface area contributed by atoms with Gasteiger partial charge < -0.3 is 10.1 Å². The second kappa shape index (κ2) is 7.40. The Morgan fingerprint density at radius 2 is 2.37 bits per heavy atom. The van der Waals surface area contributed by atoms with Gasteiger partial charge in [-0.3, -0.25) is 14.4 Å². The summed E-state index contributed by atoms with van der Waals surface area (Å²) in [4.78, 5) is 15.0. The van der Waals surface area contributed by atoms with Gasteiger partial charge in [0.05, 0.1) is 11.7 Å². The molecule has 27 heavy (non-hydrogen) atoms. The van der Waals surface area contributed by atoms with Gasteiger partial charge in [0.15, 0.2) is 0 Å². The molecule has 1 amide bonds. The minimum atomic E-state index is -0.0399. The highest BCUT2D eigenvalue weighted by atomic mass is 16.5. The lowest BCUT2D eigenvalue weighted by atomic mass is 9.73. The summed E-state index contributed by atoms with van der Waals surface area (Å²) in [5.41, 5.74) is 2.12. The Morgan fingerprint density at radius 1 is 1.52 bits per heavy atom. The van der Waals surface area contributed by atoms with Crippen LogP contribution < -0.4 is 5.32 Å². The summed E-state index contributed by atoms with van der Waals surface area (Å²) in [6.07, 6.45) is 8.90. The van der Waals surface area contributed by atoms with Crippen molar-refractivity contribution in [1.82, 2.24) is 20.0 Å². The number of nitrogens with zero attached hydrogens (tertiary/aromatic N) is 3. The molecule has 3 aliphatic heterocycles. The molecule has 0 unspecified atom stereocenters. The van der Waals surface area contributed by atoms with Crippen LogP contribution in [0.15, 0.2) is 23.9 Å². The van der Waals surface area contributed by atoms with Crippen LogP contribution in [0.25, 0.3) is 0 Å². The third-order valence-electron chi connectivity index (χ3n) is 6.90. The van der Waals surface area contributed by atoms with Crippen molar-refractivity contribution in [3.8, 4) is 0 Å². The molecule has 3 saturated heterocycles. The number of rotatable bonds is 7. The van der Waals surface area contributed by atoms with Gasteiger partial charge in [0.2, 0.25) is 0 Å². The van der Waals surface area contributed by atoms with Gasteiger partial charge in [-0.1, -0.05) is 18.6 Å². The molecule has 4 atom stereocenters. The van der Waals surface area contributed by atoms with E-state index in [-0.39, 0.29) is 11.5 Å². The Kier molecular flexibility index (Phi) is 5.12. The summed E-state index contributed by atoms with van der Waals surface area (Å²) in [6, 6.07) is 1.76.